The fourth-order valence-electron chi connectivity index (χ4n) is 1.22. The zero-order valence-electron chi connectivity index (χ0n) is 8.47. The van der Waals surface area contributed by atoms with Crippen molar-refractivity contribution in [2.45, 2.75) is 13.3 Å². The van der Waals surface area contributed by atoms with Crippen LogP contribution in [0.2, 0.25) is 0 Å². The Balaban J connectivity index is 2.39. The molecule has 2 heterocycles. The van der Waals surface area contributed by atoms with Crippen LogP contribution in [0.3, 0.4) is 0 Å². The number of esters is 1. The Morgan fingerprint density at radius 1 is 1.60 bits per heavy atom. The molecule has 0 radical (unpaired) electrons. The molecule has 2 rings (SSSR count). The number of aryl methyl sites for hydroxylation is 1. The Morgan fingerprint density at radius 2 is 2.40 bits per heavy atom. The first-order valence-corrected chi connectivity index (χ1v) is 4.45. The Labute approximate surface area is 85.9 Å². The van der Waals surface area contributed by atoms with Crippen molar-refractivity contribution in [2.75, 3.05) is 7.11 Å². The maximum absolute atomic E-state index is 11.0. The summed E-state index contributed by atoms with van der Waals surface area (Å²) in [7, 11) is 1.33. The van der Waals surface area contributed by atoms with Crippen molar-refractivity contribution in [1.29, 1.82) is 0 Å². The van der Waals surface area contributed by atoms with Gasteiger partial charge in [0.1, 0.15) is 6.42 Å². The van der Waals surface area contributed by atoms with Crippen molar-refractivity contribution in [3.05, 3.63) is 23.8 Å². The average molecular weight is 206 g/mol. The van der Waals surface area contributed by atoms with Crippen LogP contribution in [0.4, 0.5) is 0 Å². The van der Waals surface area contributed by atoms with Crippen LogP contribution < -0.4 is 0 Å². The molecule has 0 aliphatic rings. The number of nitrogens with zero attached hydrogens (tertiary/aromatic N) is 4. The van der Waals surface area contributed by atoms with Gasteiger partial charge in [-0.1, -0.05) is 0 Å². The van der Waals surface area contributed by atoms with Crippen LogP contribution >= 0.6 is 0 Å². The van der Waals surface area contributed by atoms with Crippen LogP contribution in [0.15, 0.2) is 12.3 Å². The number of carbonyl (C=O) groups excluding carboxylic acids is 1. The first kappa shape index (κ1) is 9.57. The van der Waals surface area contributed by atoms with E-state index in [4.69, 9.17) is 0 Å². The van der Waals surface area contributed by atoms with E-state index in [0.29, 0.717) is 11.6 Å². The van der Waals surface area contributed by atoms with Crippen LogP contribution in [0.1, 0.15) is 11.5 Å². The van der Waals surface area contributed by atoms with E-state index >= 15 is 0 Å². The third-order valence-corrected chi connectivity index (χ3v) is 2.00. The molecule has 0 amide bonds. The maximum Gasteiger partial charge on any atom is 0.313 e. The standard InChI is InChI=1S/C9H10N4O2/c1-6-3-4-10-9-11-7(12-13(6)9)5-8(14)15-2/h3-4H,5H2,1-2H3. The van der Waals surface area contributed by atoms with Crippen LogP contribution in [0.25, 0.3) is 5.78 Å². The molecular weight excluding hydrogens is 196 g/mol. The summed E-state index contributed by atoms with van der Waals surface area (Å²) in [6.45, 7) is 1.89. The molecule has 0 atom stereocenters. The highest BCUT2D eigenvalue weighted by Crippen LogP contribution is 2.02. The van der Waals surface area contributed by atoms with Crippen LogP contribution in [-0.4, -0.2) is 32.7 Å². The number of fused-ring (bicyclic) bond motifs is 1. The highest BCUT2D eigenvalue weighted by atomic mass is 16.5. The van der Waals surface area contributed by atoms with Crippen molar-refractivity contribution < 1.29 is 9.53 Å². The van der Waals surface area contributed by atoms with Gasteiger partial charge in [0, 0.05) is 11.9 Å². The van der Waals surface area contributed by atoms with E-state index in [2.05, 4.69) is 19.8 Å². The molecule has 2 aromatic rings. The monoisotopic (exact) mass is 206 g/mol. The van der Waals surface area contributed by atoms with E-state index in [1.54, 1.807) is 10.7 Å². The largest absolute Gasteiger partial charge is 0.469 e. The molecule has 6 nitrogen and oxygen atoms in total. The van der Waals surface area contributed by atoms with Crippen LogP contribution in [0, 0.1) is 6.92 Å². The highest BCUT2D eigenvalue weighted by Gasteiger charge is 2.10. The zero-order chi connectivity index (χ0) is 10.8. The molecule has 0 saturated heterocycles. The minimum absolute atomic E-state index is 0.0687. The van der Waals surface area contributed by atoms with E-state index in [1.165, 1.54) is 7.11 Å². The van der Waals surface area contributed by atoms with Gasteiger partial charge in [0.05, 0.1) is 7.11 Å². The molecule has 0 spiro atoms. The van der Waals surface area contributed by atoms with Crippen molar-refractivity contribution in [2.24, 2.45) is 0 Å². The summed E-state index contributed by atoms with van der Waals surface area (Å²) in [6, 6.07) is 1.82. The van der Waals surface area contributed by atoms with Gasteiger partial charge in [-0.25, -0.2) is 9.50 Å². The Bertz CT molecular complexity index is 506. The predicted octanol–water partition coefficient (Wildman–Crippen LogP) is 0.148. The van der Waals surface area contributed by atoms with Gasteiger partial charge >= 0.3 is 5.97 Å². The summed E-state index contributed by atoms with van der Waals surface area (Å²) >= 11 is 0. The molecule has 2 aromatic heterocycles. The lowest BCUT2D eigenvalue weighted by molar-refractivity contribution is -0.139. The first-order chi connectivity index (χ1) is 7.20. The topological polar surface area (TPSA) is 69.4 Å². The summed E-state index contributed by atoms with van der Waals surface area (Å²) in [5.74, 6) is 0.557. The molecule has 0 bridgehead atoms. The molecular formula is C9H10N4O2. The Morgan fingerprint density at radius 3 is 3.07 bits per heavy atom. The van der Waals surface area contributed by atoms with E-state index in [-0.39, 0.29) is 12.4 Å². The molecule has 0 aliphatic heterocycles. The van der Waals surface area contributed by atoms with Gasteiger partial charge in [-0.3, -0.25) is 4.79 Å². The van der Waals surface area contributed by atoms with Gasteiger partial charge < -0.3 is 4.74 Å². The molecule has 0 aliphatic carbocycles. The summed E-state index contributed by atoms with van der Waals surface area (Å²) in [4.78, 5) is 19.1. The van der Waals surface area contributed by atoms with E-state index in [9.17, 15) is 4.79 Å². The smallest absolute Gasteiger partial charge is 0.313 e. The van der Waals surface area contributed by atoms with Gasteiger partial charge in [0.15, 0.2) is 5.82 Å². The molecule has 0 aromatic carbocycles. The molecule has 0 N–H and O–H groups in total. The fourth-order valence-corrected chi connectivity index (χ4v) is 1.22. The maximum atomic E-state index is 11.0. The lowest BCUT2D eigenvalue weighted by Crippen LogP contribution is -2.06. The minimum Gasteiger partial charge on any atom is -0.469 e. The Kier molecular flexibility index (Phi) is 2.32. The van der Waals surface area contributed by atoms with Crippen molar-refractivity contribution in [3.8, 4) is 0 Å². The third kappa shape index (κ3) is 1.78. The first-order valence-electron chi connectivity index (χ1n) is 4.45. The summed E-state index contributed by atoms with van der Waals surface area (Å²) in [5, 5.41) is 4.14. The third-order valence-electron chi connectivity index (χ3n) is 2.00. The van der Waals surface area contributed by atoms with Crippen LogP contribution in [-0.2, 0) is 16.0 Å². The van der Waals surface area contributed by atoms with Crippen molar-refractivity contribution in [1.82, 2.24) is 19.6 Å². The second kappa shape index (κ2) is 3.64. The SMILES string of the molecule is COC(=O)Cc1nc2nccc(C)n2n1. The minimum atomic E-state index is -0.358. The number of rotatable bonds is 2. The van der Waals surface area contributed by atoms with Crippen molar-refractivity contribution in [3.63, 3.8) is 0 Å². The fraction of sp³-hybridized carbons (Fsp3) is 0.333. The summed E-state index contributed by atoms with van der Waals surface area (Å²) < 4.78 is 6.13. The predicted molar refractivity (Wildman–Crippen MR) is 51.2 cm³/mol. The van der Waals surface area contributed by atoms with E-state index in [0.717, 1.165) is 5.69 Å². The summed E-state index contributed by atoms with van der Waals surface area (Å²) in [6.07, 6.45) is 1.72. The highest BCUT2D eigenvalue weighted by molar-refractivity contribution is 5.71. The number of aromatic nitrogens is 4. The van der Waals surface area contributed by atoms with E-state index in [1.807, 2.05) is 13.0 Å². The molecule has 78 valence electrons. The molecule has 0 unspecified atom stereocenters. The number of hydrogen-bond donors (Lipinski definition) is 0. The molecule has 6 heteroatoms. The van der Waals surface area contributed by atoms with Gasteiger partial charge in [-0.05, 0) is 13.0 Å². The second-order valence-electron chi connectivity index (χ2n) is 3.08. The van der Waals surface area contributed by atoms with Gasteiger partial charge in [-0.15, -0.1) is 5.10 Å². The van der Waals surface area contributed by atoms with Gasteiger partial charge in [0.25, 0.3) is 5.78 Å². The van der Waals surface area contributed by atoms with E-state index < -0.39 is 0 Å². The lowest BCUT2D eigenvalue weighted by Gasteiger charge is -1.93. The normalized spacial score (nSPS) is 10.5. The Hall–Kier alpha value is -1.98. The molecule has 0 saturated carbocycles. The summed E-state index contributed by atoms with van der Waals surface area (Å²) in [5.41, 5.74) is 0.920. The molecule has 15 heavy (non-hydrogen) atoms. The van der Waals surface area contributed by atoms with Crippen molar-refractivity contribution >= 4 is 11.7 Å². The number of ether oxygens (including phenoxy) is 1. The van der Waals surface area contributed by atoms with Crippen LogP contribution in [0.5, 0.6) is 0 Å². The quantitative estimate of drug-likeness (QED) is 0.654. The lowest BCUT2D eigenvalue weighted by atomic mass is 10.4. The zero-order valence-corrected chi connectivity index (χ0v) is 8.47. The van der Waals surface area contributed by atoms with Gasteiger partial charge in [-0.2, -0.15) is 4.98 Å². The number of methoxy groups -OCH3 is 1. The number of carbonyl (C=O) groups is 1. The average Bonchev–Trinajstić information content (AvgIpc) is 2.62. The second-order valence-corrected chi connectivity index (χ2v) is 3.08. The molecule has 0 fully saturated rings. The number of hydrogen-bond acceptors (Lipinski definition) is 5. The van der Waals surface area contributed by atoms with Gasteiger partial charge in [0.2, 0.25) is 0 Å².